The lowest BCUT2D eigenvalue weighted by Crippen LogP contribution is -2.24. The zero-order valence-electron chi connectivity index (χ0n) is 13.5. The second kappa shape index (κ2) is 7.70. The van der Waals surface area contributed by atoms with Gasteiger partial charge in [0.2, 0.25) is 0 Å². The lowest BCUT2D eigenvalue weighted by atomic mass is 10.1. The summed E-state index contributed by atoms with van der Waals surface area (Å²) in [7, 11) is 0. The number of hydrogen-bond donors (Lipinski definition) is 1. The lowest BCUT2D eigenvalue weighted by Gasteiger charge is -2.22. The van der Waals surface area contributed by atoms with E-state index in [0.29, 0.717) is 11.6 Å². The highest BCUT2D eigenvalue weighted by Gasteiger charge is 2.13. The molecule has 1 aliphatic rings. The number of nitrogens with one attached hydrogen (secondary N) is 1. The number of pyridine rings is 1. The van der Waals surface area contributed by atoms with Crippen LogP contribution in [0.1, 0.15) is 25.0 Å². The fourth-order valence-electron chi connectivity index (χ4n) is 2.88. The summed E-state index contributed by atoms with van der Waals surface area (Å²) in [5.74, 6) is -0.280. The van der Waals surface area contributed by atoms with Crippen LogP contribution < -0.4 is 5.32 Å². The highest BCUT2D eigenvalue weighted by Crippen LogP contribution is 2.25. The van der Waals surface area contributed by atoms with Crippen LogP contribution in [0, 0.1) is 12.7 Å². The molecule has 0 unspecified atom stereocenters. The summed E-state index contributed by atoms with van der Waals surface area (Å²) >= 11 is 0. The Bertz CT molecular complexity index is 657. The van der Waals surface area contributed by atoms with Crippen LogP contribution in [0.25, 0.3) is 10.9 Å². The fourth-order valence-corrected chi connectivity index (χ4v) is 2.88. The Kier molecular flexibility index (Phi) is 5.41. The van der Waals surface area contributed by atoms with Crippen LogP contribution in [-0.2, 0) is 9.47 Å². The van der Waals surface area contributed by atoms with E-state index in [0.717, 1.165) is 62.4 Å². The van der Waals surface area contributed by atoms with Crippen molar-refractivity contribution in [2.75, 3.05) is 31.7 Å². The minimum absolute atomic E-state index is 0.280. The number of para-hydroxylation sites is 1. The summed E-state index contributed by atoms with van der Waals surface area (Å²) in [5, 5.41) is 4.20. The topological polar surface area (TPSA) is 43.4 Å². The maximum absolute atomic E-state index is 13.9. The SMILES string of the molecule is Cc1cc(NCCCOC2CCOCC2)c2cccc(F)c2n1. The van der Waals surface area contributed by atoms with Crippen molar-refractivity contribution in [2.24, 2.45) is 0 Å². The van der Waals surface area contributed by atoms with Gasteiger partial charge in [0.05, 0.1) is 6.10 Å². The van der Waals surface area contributed by atoms with E-state index in [2.05, 4.69) is 10.3 Å². The molecule has 0 amide bonds. The Morgan fingerprint density at radius 3 is 3.00 bits per heavy atom. The monoisotopic (exact) mass is 318 g/mol. The van der Waals surface area contributed by atoms with Gasteiger partial charge in [0.1, 0.15) is 11.3 Å². The molecule has 124 valence electrons. The molecule has 1 fully saturated rings. The van der Waals surface area contributed by atoms with E-state index in [1.54, 1.807) is 6.07 Å². The largest absolute Gasteiger partial charge is 0.384 e. The molecule has 4 nitrogen and oxygen atoms in total. The number of nitrogens with zero attached hydrogens (tertiary/aromatic N) is 1. The van der Waals surface area contributed by atoms with Crippen LogP contribution in [0.2, 0.25) is 0 Å². The van der Waals surface area contributed by atoms with E-state index in [4.69, 9.17) is 9.47 Å². The van der Waals surface area contributed by atoms with Gasteiger partial charge in [-0.3, -0.25) is 0 Å². The number of ether oxygens (including phenoxy) is 2. The Balaban J connectivity index is 1.54. The van der Waals surface area contributed by atoms with E-state index >= 15 is 0 Å². The van der Waals surface area contributed by atoms with Crippen LogP contribution >= 0.6 is 0 Å². The minimum Gasteiger partial charge on any atom is -0.384 e. The molecule has 0 atom stereocenters. The van der Waals surface area contributed by atoms with E-state index in [1.807, 2.05) is 19.1 Å². The number of anilines is 1. The van der Waals surface area contributed by atoms with Gasteiger partial charge in [-0.2, -0.15) is 0 Å². The van der Waals surface area contributed by atoms with Crippen LogP contribution in [-0.4, -0.2) is 37.5 Å². The third-order valence-corrected chi connectivity index (χ3v) is 4.08. The molecule has 5 heteroatoms. The third-order valence-electron chi connectivity index (χ3n) is 4.08. The first-order valence-corrected chi connectivity index (χ1v) is 8.23. The van der Waals surface area contributed by atoms with Gasteiger partial charge < -0.3 is 14.8 Å². The highest BCUT2D eigenvalue weighted by molar-refractivity contribution is 5.91. The second-order valence-corrected chi connectivity index (χ2v) is 5.91. The smallest absolute Gasteiger partial charge is 0.149 e. The van der Waals surface area contributed by atoms with Gasteiger partial charge in [0, 0.05) is 43.1 Å². The molecular weight excluding hydrogens is 295 g/mol. The first-order valence-electron chi connectivity index (χ1n) is 8.23. The van der Waals surface area contributed by atoms with E-state index < -0.39 is 0 Å². The van der Waals surface area contributed by atoms with Gasteiger partial charge in [0.15, 0.2) is 0 Å². The summed E-state index contributed by atoms with van der Waals surface area (Å²) in [6.07, 6.45) is 3.22. The van der Waals surface area contributed by atoms with Crippen molar-refractivity contribution >= 4 is 16.6 Å². The maximum atomic E-state index is 13.9. The van der Waals surface area contributed by atoms with Crippen LogP contribution in [0.15, 0.2) is 24.3 Å². The molecule has 0 spiro atoms. The van der Waals surface area contributed by atoms with Gasteiger partial charge in [0.25, 0.3) is 0 Å². The van der Waals surface area contributed by atoms with Crippen LogP contribution in [0.3, 0.4) is 0 Å². The minimum atomic E-state index is -0.280. The molecular formula is C18H23FN2O2. The molecule has 1 aromatic heterocycles. The molecule has 1 N–H and O–H groups in total. The number of aryl methyl sites for hydroxylation is 1. The van der Waals surface area contributed by atoms with Crippen molar-refractivity contribution in [1.29, 1.82) is 0 Å². The average Bonchev–Trinajstić information content (AvgIpc) is 2.56. The Morgan fingerprint density at radius 2 is 2.17 bits per heavy atom. The number of halogens is 1. The Morgan fingerprint density at radius 1 is 1.35 bits per heavy atom. The molecule has 0 bridgehead atoms. The zero-order valence-corrected chi connectivity index (χ0v) is 13.5. The molecule has 1 aromatic carbocycles. The van der Waals surface area contributed by atoms with Crippen LogP contribution in [0.5, 0.6) is 0 Å². The predicted molar refractivity (Wildman–Crippen MR) is 89.3 cm³/mol. The van der Waals surface area contributed by atoms with Crippen molar-refractivity contribution in [3.63, 3.8) is 0 Å². The van der Waals surface area contributed by atoms with E-state index in [-0.39, 0.29) is 5.82 Å². The molecule has 0 radical (unpaired) electrons. The summed E-state index contributed by atoms with van der Waals surface area (Å²) < 4.78 is 25.1. The maximum Gasteiger partial charge on any atom is 0.149 e. The lowest BCUT2D eigenvalue weighted by molar-refractivity contribution is -0.0316. The van der Waals surface area contributed by atoms with Gasteiger partial charge in [-0.25, -0.2) is 9.37 Å². The number of rotatable bonds is 6. The van der Waals surface area contributed by atoms with Crippen molar-refractivity contribution in [2.45, 2.75) is 32.3 Å². The number of fused-ring (bicyclic) bond motifs is 1. The molecule has 23 heavy (non-hydrogen) atoms. The van der Waals surface area contributed by atoms with Gasteiger partial charge in [-0.1, -0.05) is 12.1 Å². The first kappa shape index (κ1) is 16.1. The highest BCUT2D eigenvalue weighted by atomic mass is 19.1. The number of benzene rings is 1. The molecule has 0 saturated carbocycles. The average molecular weight is 318 g/mol. The molecule has 0 aliphatic carbocycles. The first-order chi connectivity index (χ1) is 11.2. The van der Waals surface area contributed by atoms with Crippen molar-refractivity contribution in [3.05, 3.63) is 35.8 Å². The van der Waals surface area contributed by atoms with Crippen molar-refractivity contribution in [3.8, 4) is 0 Å². The van der Waals surface area contributed by atoms with Gasteiger partial charge >= 0.3 is 0 Å². The fraction of sp³-hybridized carbons (Fsp3) is 0.500. The standard InChI is InChI=1S/C18H23FN2O2/c1-13-12-17(15-4-2-5-16(19)18(15)21-13)20-8-3-9-23-14-6-10-22-11-7-14/h2,4-5,12,14H,3,6-11H2,1H3,(H,20,21). The molecule has 1 saturated heterocycles. The van der Waals surface area contributed by atoms with Gasteiger partial charge in [-0.05, 0) is 38.3 Å². The van der Waals surface area contributed by atoms with E-state index in [1.165, 1.54) is 6.07 Å². The molecule has 3 rings (SSSR count). The predicted octanol–water partition coefficient (Wildman–Crippen LogP) is 3.68. The summed E-state index contributed by atoms with van der Waals surface area (Å²) in [5.41, 5.74) is 2.16. The van der Waals surface area contributed by atoms with Crippen molar-refractivity contribution < 1.29 is 13.9 Å². The van der Waals surface area contributed by atoms with Crippen LogP contribution in [0.4, 0.5) is 10.1 Å². The quantitative estimate of drug-likeness (QED) is 0.825. The number of hydrogen-bond acceptors (Lipinski definition) is 4. The molecule has 1 aliphatic heterocycles. The third kappa shape index (κ3) is 4.18. The number of aromatic nitrogens is 1. The summed E-state index contributed by atoms with van der Waals surface area (Å²) in [4.78, 5) is 4.29. The Hall–Kier alpha value is -1.72. The molecule has 2 aromatic rings. The Labute approximate surface area is 136 Å². The van der Waals surface area contributed by atoms with Gasteiger partial charge in [-0.15, -0.1) is 0 Å². The zero-order chi connectivity index (χ0) is 16.1. The summed E-state index contributed by atoms with van der Waals surface area (Å²) in [6.45, 7) is 5.01. The van der Waals surface area contributed by atoms with Crippen molar-refractivity contribution in [1.82, 2.24) is 4.98 Å². The molecule has 2 heterocycles. The summed E-state index contributed by atoms with van der Waals surface area (Å²) in [6, 6.07) is 7.02. The second-order valence-electron chi connectivity index (χ2n) is 5.91. The van der Waals surface area contributed by atoms with E-state index in [9.17, 15) is 4.39 Å². The normalized spacial score (nSPS) is 15.9.